The minimum absolute atomic E-state index is 0. The summed E-state index contributed by atoms with van der Waals surface area (Å²) in [7, 11) is -3.63. The van der Waals surface area contributed by atoms with Crippen LogP contribution in [-0.4, -0.2) is 32.2 Å². The van der Waals surface area contributed by atoms with Gasteiger partial charge in [-0.2, -0.15) is 0 Å². The number of rotatable bonds is 3. The van der Waals surface area contributed by atoms with Crippen LogP contribution in [0.3, 0.4) is 0 Å². The van der Waals surface area contributed by atoms with Gasteiger partial charge in [0.05, 0.1) is 0 Å². The summed E-state index contributed by atoms with van der Waals surface area (Å²) in [5, 5.41) is 0. The van der Waals surface area contributed by atoms with E-state index in [1.807, 2.05) is 0 Å². The van der Waals surface area contributed by atoms with E-state index in [1.54, 1.807) is 0 Å². The zero-order valence-electron chi connectivity index (χ0n) is 7.26. The van der Waals surface area contributed by atoms with E-state index in [0.29, 0.717) is 0 Å². The Bertz CT molecular complexity index is 72.2. The maximum Gasteiger partial charge on any atom is 2.00 e. The van der Waals surface area contributed by atoms with Gasteiger partial charge in [0.2, 0.25) is 0 Å². The van der Waals surface area contributed by atoms with Crippen LogP contribution in [-0.2, 0) is 4.46 Å². The van der Waals surface area contributed by atoms with Crippen molar-refractivity contribution in [3.8, 4) is 0 Å². The van der Waals surface area contributed by atoms with E-state index in [0.717, 1.165) is 0 Å². The second-order valence-corrected chi connectivity index (χ2v) is 2.46. The molecule has 0 aromatic rings. The quantitative estimate of drug-likeness (QED) is 0.434. The summed E-state index contributed by atoms with van der Waals surface area (Å²) in [4.78, 5) is 17.0. The molecule has 0 heterocycles. The topological polar surface area (TPSA) is 63.2 Å². The van der Waals surface area contributed by atoms with Crippen LogP contribution in [0.2, 0.25) is 0 Å². The van der Waals surface area contributed by atoms with Gasteiger partial charge >= 0.3 is 23.1 Å². The van der Waals surface area contributed by atoms with Crippen LogP contribution in [0, 0.1) is 0 Å². The fourth-order valence-corrected chi connectivity index (χ4v) is 0.500. The van der Waals surface area contributed by atoms with Gasteiger partial charge in [0.15, 0.2) is 0 Å². The van der Waals surface area contributed by atoms with E-state index in [1.165, 1.54) is 25.7 Å². The molecule has 0 fully saturated rings. The van der Waals surface area contributed by atoms with Crippen LogP contribution in [0.5, 0.6) is 0 Å². The van der Waals surface area contributed by atoms with Gasteiger partial charge in [0.25, 0.3) is 0 Å². The fourth-order valence-electron chi connectivity index (χ4n) is 0.500. The SMILES string of the molecule is CCCCCC.O=[Si]([O-])[O-].[Mg+2]. The molecule has 5 heteroatoms. The second kappa shape index (κ2) is 16.8. The molecule has 0 unspecified atom stereocenters. The molecule has 0 N–H and O–H groups in total. The molecule has 0 rings (SSSR count). The zero-order chi connectivity index (χ0) is 8.41. The van der Waals surface area contributed by atoms with Gasteiger partial charge in [0, 0.05) is 9.17 Å². The van der Waals surface area contributed by atoms with Gasteiger partial charge < -0.3 is 14.1 Å². The van der Waals surface area contributed by atoms with Crippen molar-refractivity contribution >= 4 is 32.2 Å². The molecule has 0 radical (unpaired) electrons. The summed E-state index contributed by atoms with van der Waals surface area (Å²) in [6, 6.07) is 0. The first-order chi connectivity index (χ1) is 4.65. The van der Waals surface area contributed by atoms with Crippen molar-refractivity contribution in [3.05, 3.63) is 0 Å². The Morgan fingerprint density at radius 1 is 1.09 bits per heavy atom. The van der Waals surface area contributed by atoms with E-state index in [9.17, 15) is 0 Å². The van der Waals surface area contributed by atoms with Gasteiger partial charge in [-0.25, -0.2) is 0 Å². The van der Waals surface area contributed by atoms with Crippen molar-refractivity contribution in [2.24, 2.45) is 0 Å². The molecular weight excluding hydrogens is 172 g/mol. The Morgan fingerprint density at radius 2 is 1.27 bits per heavy atom. The minimum atomic E-state index is -3.63. The van der Waals surface area contributed by atoms with Crippen LogP contribution in [0.15, 0.2) is 0 Å². The maximum atomic E-state index is 8.52. The summed E-state index contributed by atoms with van der Waals surface area (Å²) in [6.45, 7) is 4.46. The first-order valence-electron chi connectivity index (χ1n) is 3.53. The molecule has 0 amide bonds. The monoisotopic (exact) mass is 186 g/mol. The summed E-state index contributed by atoms with van der Waals surface area (Å²) < 4.78 is 8.52. The molecule has 0 aromatic heterocycles. The molecule has 0 aliphatic carbocycles. The summed E-state index contributed by atoms with van der Waals surface area (Å²) >= 11 is 0. The standard InChI is InChI=1S/C6H14.Mg.O3Si/c1-3-5-6-4-2;;1-4(2)3/h3-6H2,1-2H3;;/q;+2;-2. The van der Waals surface area contributed by atoms with Crippen LogP contribution < -0.4 is 9.59 Å². The Labute approximate surface area is 85.9 Å². The van der Waals surface area contributed by atoms with Crippen molar-refractivity contribution in [3.63, 3.8) is 0 Å². The predicted octanol–water partition coefficient (Wildman–Crippen LogP) is -0.672. The minimum Gasteiger partial charge on any atom is -0.672 e. The molecule has 0 saturated carbocycles. The molecular formula is C6H14MgO3Si. The molecule has 0 saturated heterocycles. The van der Waals surface area contributed by atoms with Gasteiger partial charge in [-0.15, -0.1) is 0 Å². The summed E-state index contributed by atoms with van der Waals surface area (Å²) in [5.41, 5.74) is 0. The van der Waals surface area contributed by atoms with Crippen LogP contribution in [0.25, 0.3) is 0 Å². The molecule has 11 heavy (non-hydrogen) atoms. The van der Waals surface area contributed by atoms with Gasteiger partial charge in [-0.05, 0) is 0 Å². The van der Waals surface area contributed by atoms with Crippen molar-refractivity contribution in [1.29, 1.82) is 0 Å². The van der Waals surface area contributed by atoms with Gasteiger partial charge in [0.1, 0.15) is 0 Å². The van der Waals surface area contributed by atoms with E-state index in [2.05, 4.69) is 13.8 Å². The normalized spacial score (nSPS) is 7.09. The zero-order valence-corrected chi connectivity index (χ0v) is 9.67. The third-order valence-corrected chi connectivity index (χ3v) is 0.957. The Morgan fingerprint density at radius 3 is 1.36 bits per heavy atom. The third-order valence-electron chi connectivity index (χ3n) is 0.957. The molecule has 0 spiro atoms. The van der Waals surface area contributed by atoms with E-state index in [-0.39, 0.29) is 23.1 Å². The number of hydrogen-bond acceptors (Lipinski definition) is 3. The van der Waals surface area contributed by atoms with Crippen molar-refractivity contribution < 1.29 is 14.1 Å². The van der Waals surface area contributed by atoms with Crippen LogP contribution >= 0.6 is 0 Å². The van der Waals surface area contributed by atoms with Crippen LogP contribution in [0.1, 0.15) is 39.5 Å². The smallest absolute Gasteiger partial charge is 0.672 e. The molecule has 3 nitrogen and oxygen atoms in total. The number of unbranched alkanes of at least 4 members (excludes halogenated alkanes) is 3. The van der Waals surface area contributed by atoms with Crippen molar-refractivity contribution in [1.82, 2.24) is 0 Å². The Kier molecular flexibility index (Phi) is 26.6. The van der Waals surface area contributed by atoms with Crippen LogP contribution in [0.4, 0.5) is 0 Å². The summed E-state index contributed by atoms with van der Waals surface area (Å²) in [5.74, 6) is 0. The summed E-state index contributed by atoms with van der Waals surface area (Å²) in [6.07, 6.45) is 5.54. The van der Waals surface area contributed by atoms with Gasteiger partial charge in [-0.3, -0.25) is 0 Å². The van der Waals surface area contributed by atoms with E-state index < -0.39 is 9.17 Å². The van der Waals surface area contributed by atoms with E-state index >= 15 is 0 Å². The van der Waals surface area contributed by atoms with E-state index in [4.69, 9.17) is 14.1 Å². The Balaban J connectivity index is -0.000000114. The first kappa shape index (κ1) is 17.5. The molecule has 0 aliphatic rings. The van der Waals surface area contributed by atoms with Crippen molar-refractivity contribution in [2.45, 2.75) is 39.5 Å². The maximum absolute atomic E-state index is 8.52. The molecule has 0 atom stereocenters. The first-order valence-corrected chi connectivity index (χ1v) is 4.75. The average molecular weight is 187 g/mol. The van der Waals surface area contributed by atoms with Gasteiger partial charge in [-0.1, -0.05) is 39.5 Å². The molecule has 0 aliphatic heterocycles. The van der Waals surface area contributed by atoms with Crippen molar-refractivity contribution in [2.75, 3.05) is 0 Å². The Hall–Kier alpha value is 0.383. The largest absolute Gasteiger partial charge is 2.00 e. The molecule has 0 bridgehead atoms. The molecule has 0 aromatic carbocycles. The third kappa shape index (κ3) is 63.8. The fraction of sp³-hybridized carbons (Fsp3) is 1.00. The average Bonchev–Trinajstić information content (AvgIpc) is 1.82. The number of hydrogen-bond donors (Lipinski definition) is 0. The second-order valence-electron chi connectivity index (χ2n) is 1.96. The predicted molar refractivity (Wildman–Crippen MR) is 42.0 cm³/mol. The molecule has 62 valence electrons.